The summed E-state index contributed by atoms with van der Waals surface area (Å²) in [4.78, 5) is 10.5. The smallest absolute Gasteiger partial charge is 0.405 e. The standard InChI is InChI=1S/C11H11F3O4/c12-11(13,14)8(10(16)17)6-18-9-4-2-1-3-7(9)5-15/h1-4,8,15H,5-6H2,(H,16,17). The van der Waals surface area contributed by atoms with Crippen LogP contribution in [0.5, 0.6) is 5.75 Å². The summed E-state index contributed by atoms with van der Waals surface area (Å²) in [6, 6.07) is 5.92. The number of ether oxygens (including phenoxy) is 1. The lowest BCUT2D eigenvalue weighted by molar-refractivity contribution is -0.198. The van der Waals surface area contributed by atoms with E-state index in [9.17, 15) is 18.0 Å². The topological polar surface area (TPSA) is 66.8 Å². The molecule has 0 spiro atoms. The quantitative estimate of drug-likeness (QED) is 0.851. The molecule has 7 heteroatoms. The van der Waals surface area contributed by atoms with Gasteiger partial charge in [-0.25, -0.2) is 0 Å². The van der Waals surface area contributed by atoms with Gasteiger partial charge in [-0.3, -0.25) is 4.79 Å². The number of hydrogen-bond acceptors (Lipinski definition) is 3. The van der Waals surface area contributed by atoms with Crippen molar-refractivity contribution < 1.29 is 32.9 Å². The molecule has 0 fully saturated rings. The largest absolute Gasteiger partial charge is 0.492 e. The highest BCUT2D eigenvalue weighted by Gasteiger charge is 2.45. The molecule has 1 rings (SSSR count). The van der Waals surface area contributed by atoms with Crippen LogP contribution in [0.15, 0.2) is 24.3 Å². The van der Waals surface area contributed by atoms with E-state index in [4.69, 9.17) is 14.9 Å². The normalized spacial score (nSPS) is 13.1. The minimum absolute atomic E-state index is 0.0375. The van der Waals surface area contributed by atoms with Crippen molar-refractivity contribution in [3.05, 3.63) is 29.8 Å². The van der Waals surface area contributed by atoms with Gasteiger partial charge in [0.1, 0.15) is 12.4 Å². The second-order valence-electron chi connectivity index (χ2n) is 3.51. The summed E-state index contributed by atoms with van der Waals surface area (Å²) >= 11 is 0. The number of aliphatic hydroxyl groups excluding tert-OH is 1. The van der Waals surface area contributed by atoms with Crippen LogP contribution >= 0.6 is 0 Å². The molecule has 0 amide bonds. The minimum Gasteiger partial charge on any atom is -0.492 e. The van der Waals surface area contributed by atoms with Gasteiger partial charge in [-0.1, -0.05) is 18.2 Å². The maximum absolute atomic E-state index is 12.3. The highest BCUT2D eigenvalue weighted by Crippen LogP contribution is 2.28. The highest BCUT2D eigenvalue weighted by atomic mass is 19.4. The molecule has 2 N–H and O–H groups in total. The van der Waals surface area contributed by atoms with Crippen molar-refractivity contribution in [2.45, 2.75) is 12.8 Å². The number of alkyl halides is 3. The van der Waals surface area contributed by atoms with Gasteiger partial charge in [0.2, 0.25) is 0 Å². The van der Waals surface area contributed by atoms with E-state index in [2.05, 4.69) is 0 Å². The number of halogens is 3. The number of carboxylic acids is 1. The number of rotatable bonds is 5. The Morgan fingerprint density at radius 1 is 1.33 bits per heavy atom. The van der Waals surface area contributed by atoms with Crippen molar-refractivity contribution in [3.8, 4) is 5.75 Å². The van der Waals surface area contributed by atoms with E-state index in [0.29, 0.717) is 5.56 Å². The van der Waals surface area contributed by atoms with Crippen LogP contribution in [0.1, 0.15) is 5.56 Å². The number of para-hydroxylation sites is 1. The predicted octanol–water partition coefficient (Wildman–Crippen LogP) is 1.82. The van der Waals surface area contributed by atoms with Gasteiger partial charge >= 0.3 is 12.1 Å². The third-order valence-electron chi connectivity index (χ3n) is 2.24. The van der Waals surface area contributed by atoms with Crippen LogP contribution in [-0.4, -0.2) is 29.0 Å². The number of aliphatic hydroxyl groups is 1. The summed E-state index contributed by atoms with van der Waals surface area (Å²) in [6.45, 7) is -1.43. The Morgan fingerprint density at radius 2 is 1.94 bits per heavy atom. The van der Waals surface area contributed by atoms with E-state index in [1.807, 2.05) is 0 Å². The summed E-state index contributed by atoms with van der Waals surface area (Å²) in [5.74, 6) is -4.55. The molecular formula is C11H11F3O4. The first kappa shape index (κ1) is 14.3. The average molecular weight is 264 g/mol. The van der Waals surface area contributed by atoms with Crippen molar-refractivity contribution >= 4 is 5.97 Å². The van der Waals surface area contributed by atoms with Crippen LogP contribution in [0.3, 0.4) is 0 Å². The molecule has 0 heterocycles. The van der Waals surface area contributed by atoms with Crippen molar-refractivity contribution in [1.82, 2.24) is 0 Å². The first-order valence-corrected chi connectivity index (χ1v) is 4.97. The Morgan fingerprint density at radius 3 is 2.44 bits per heavy atom. The molecule has 0 bridgehead atoms. The molecule has 0 saturated carbocycles. The fraction of sp³-hybridized carbons (Fsp3) is 0.364. The molecular weight excluding hydrogens is 253 g/mol. The van der Waals surface area contributed by atoms with Crippen LogP contribution < -0.4 is 4.74 Å². The zero-order valence-corrected chi connectivity index (χ0v) is 9.15. The van der Waals surface area contributed by atoms with Crippen molar-refractivity contribution in [2.24, 2.45) is 5.92 Å². The van der Waals surface area contributed by atoms with Crippen molar-refractivity contribution in [1.29, 1.82) is 0 Å². The zero-order chi connectivity index (χ0) is 13.8. The molecule has 0 aliphatic carbocycles. The summed E-state index contributed by atoms with van der Waals surface area (Å²) < 4.78 is 41.9. The van der Waals surface area contributed by atoms with E-state index < -0.39 is 31.3 Å². The molecule has 100 valence electrons. The van der Waals surface area contributed by atoms with E-state index in [0.717, 1.165) is 0 Å². The minimum atomic E-state index is -4.88. The van der Waals surface area contributed by atoms with E-state index in [1.54, 1.807) is 6.07 Å². The van der Waals surface area contributed by atoms with Crippen LogP contribution in [0.2, 0.25) is 0 Å². The Bertz CT molecular complexity index is 417. The maximum Gasteiger partial charge on any atom is 0.405 e. The number of benzene rings is 1. The van der Waals surface area contributed by atoms with Gasteiger partial charge in [0, 0.05) is 5.56 Å². The van der Waals surface area contributed by atoms with Gasteiger partial charge in [0.15, 0.2) is 5.92 Å². The zero-order valence-electron chi connectivity index (χ0n) is 9.15. The lowest BCUT2D eigenvalue weighted by Crippen LogP contribution is -2.35. The number of carboxylic acid groups (broad SMARTS) is 1. The highest BCUT2D eigenvalue weighted by molar-refractivity contribution is 5.71. The molecule has 1 aromatic carbocycles. The molecule has 18 heavy (non-hydrogen) atoms. The van der Waals surface area contributed by atoms with Gasteiger partial charge < -0.3 is 14.9 Å². The predicted molar refractivity (Wildman–Crippen MR) is 55.0 cm³/mol. The third-order valence-corrected chi connectivity index (χ3v) is 2.24. The van der Waals surface area contributed by atoms with Crippen LogP contribution in [0.4, 0.5) is 13.2 Å². The Kier molecular flexibility index (Phi) is 4.55. The Balaban J connectivity index is 2.77. The summed E-state index contributed by atoms with van der Waals surface area (Å²) in [6.07, 6.45) is -4.88. The number of aliphatic carboxylic acids is 1. The third kappa shape index (κ3) is 3.63. The Labute approximate surface area is 101 Å². The lowest BCUT2D eigenvalue weighted by Gasteiger charge is -2.17. The molecule has 0 aromatic heterocycles. The fourth-order valence-corrected chi connectivity index (χ4v) is 1.25. The monoisotopic (exact) mass is 264 g/mol. The van der Waals surface area contributed by atoms with E-state index in [-0.39, 0.29) is 5.75 Å². The molecule has 1 unspecified atom stereocenters. The van der Waals surface area contributed by atoms with Crippen molar-refractivity contribution in [2.75, 3.05) is 6.61 Å². The van der Waals surface area contributed by atoms with Gasteiger partial charge in [-0.2, -0.15) is 13.2 Å². The molecule has 0 aliphatic heterocycles. The number of carbonyl (C=O) groups is 1. The van der Waals surface area contributed by atoms with E-state index >= 15 is 0 Å². The van der Waals surface area contributed by atoms with Crippen LogP contribution in [-0.2, 0) is 11.4 Å². The second-order valence-corrected chi connectivity index (χ2v) is 3.51. The summed E-state index contributed by atoms with van der Waals surface area (Å²) in [7, 11) is 0. The molecule has 4 nitrogen and oxygen atoms in total. The van der Waals surface area contributed by atoms with E-state index in [1.165, 1.54) is 18.2 Å². The molecule has 0 aliphatic rings. The lowest BCUT2D eigenvalue weighted by atomic mass is 10.1. The van der Waals surface area contributed by atoms with Crippen molar-refractivity contribution in [3.63, 3.8) is 0 Å². The second kappa shape index (κ2) is 5.72. The van der Waals surface area contributed by atoms with Gasteiger partial charge in [0.05, 0.1) is 6.61 Å². The van der Waals surface area contributed by atoms with Crippen LogP contribution in [0.25, 0.3) is 0 Å². The SMILES string of the molecule is O=C(O)C(COc1ccccc1CO)C(F)(F)F. The first-order valence-electron chi connectivity index (χ1n) is 4.97. The fourth-order valence-electron chi connectivity index (χ4n) is 1.25. The summed E-state index contributed by atoms with van der Waals surface area (Å²) in [5.41, 5.74) is 0.295. The van der Waals surface area contributed by atoms with Gasteiger partial charge in [0.25, 0.3) is 0 Å². The molecule has 1 atom stereocenters. The first-order chi connectivity index (χ1) is 8.36. The van der Waals surface area contributed by atoms with Gasteiger partial charge in [-0.05, 0) is 6.07 Å². The molecule has 0 radical (unpaired) electrons. The molecule has 0 saturated heterocycles. The molecule has 1 aromatic rings. The van der Waals surface area contributed by atoms with Gasteiger partial charge in [-0.15, -0.1) is 0 Å². The van der Waals surface area contributed by atoms with Crippen LogP contribution in [0, 0.1) is 5.92 Å². The maximum atomic E-state index is 12.3. The summed E-state index contributed by atoms with van der Waals surface area (Å²) in [5, 5.41) is 17.4. The Hall–Kier alpha value is -1.76. The number of hydrogen-bond donors (Lipinski definition) is 2. The average Bonchev–Trinajstić information content (AvgIpc) is 2.27.